The summed E-state index contributed by atoms with van der Waals surface area (Å²) in [5.74, 6) is -0.186. The molecule has 1 rings (SSSR count). The number of likely N-dealkylation sites (tertiary alicyclic amines) is 1. The number of nitrogens with one attached hydrogen (secondary N) is 1. The maximum Gasteiger partial charge on any atom is 0.225 e. The standard InChI is InChI=1S/C13H25N3O2/c1-4-13(14,5-2)9-15-12(18)10-7-11(17)16(6-3)8-10/h10H,4-9,14H2,1-3H3,(H,15,18). The van der Waals surface area contributed by atoms with E-state index in [1.165, 1.54) is 0 Å². The van der Waals surface area contributed by atoms with Crippen LogP contribution in [0.15, 0.2) is 0 Å². The summed E-state index contributed by atoms with van der Waals surface area (Å²) >= 11 is 0. The smallest absolute Gasteiger partial charge is 0.225 e. The Morgan fingerprint density at radius 2 is 2.06 bits per heavy atom. The van der Waals surface area contributed by atoms with E-state index >= 15 is 0 Å². The summed E-state index contributed by atoms with van der Waals surface area (Å²) in [7, 11) is 0. The third kappa shape index (κ3) is 3.45. The molecule has 1 atom stereocenters. The Hall–Kier alpha value is -1.10. The molecule has 1 aliphatic heterocycles. The number of amides is 2. The zero-order chi connectivity index (χ0) is 13.8. The van der Waals surface area contributed by atoms with Crippen LogP contribution >= 0.6 is 0 Å². The molecule has 0 aromatic heterocycles. The number of carbonyl (C=O) groups is 2. The van der Waals surface area contributed by atoms with Crippen molar-refractivity contribution >= 4 is 11.8 Å². The van der Waals surface area contributed by atoms with Gasteiger partial charge in [-0.1, -0.05) is 13.8 Å². The van der Waals surface area contributed by atoms with E-state index in [0.717, 1.165) is 12.8 Å². The highest BCUT2D eigenvalue weighted by Crippen LogP contribution is 2.18. The molecule has 0 aromatic carbocycles. The average Bonchev–Trinajstić information content (AvgIpc) is 2.77. The summed E-state index contributed by atoms with van der Waals surface area (Å²) in [6.45, 7) is 7.67. The molecule has 104 valence electrons. The van der Waals surface area contributed by atoms with Crippen LogP contribution < -0.4 is 11.1 Å². The van der Waals surface area contributed by atoms with Crippen LogP contribution in [0, 0.1) is 5.92 Å². The molecule has 0 aliphatic carbocycles. The summed E-state index contributed by atoms with van der Waals surface area (Å²) in [5.41, 5.74) is 5.80. The van der Waals surface area contributed by atoms with Crippen molar-refractivity contribution in [2.45, 2.75) is 45.6 Å². The van der Waals surface area contributed by atoms with Gasteiger partial charge in [-0.3, -0.25) is 9.59 Å². The fourth-order valence-corrected chi connectivity index (χ4v) is 2.16. The third-order valence-corrected chi connectivity index (χ3v) is 3.99. The Bertz CT molecular complexity index is 313. The monoisotopic (exact) mass is 255 g/mol. The van der Waals surface area contributed by atoms with Gasteiger partial charge in [-0.05, 0) is 19.8 Å². The molecule has 0 radical (unpaired) electrons. The molecule has 2 amide bonds. The summed E-state index contributed by atoms with van der Waals surface area (Å²) in [4.78, 5) is 25.3. The lowest BCUT2D eigenvalue weighted by molar-refractivity contribution is -0.128. The van der Waals surface area contributed by atoms with Crippen molar-refractivity contribution in [3.63, 3.8) is 0 Å². The molecule has 1 saturated heterocycles. The average molecular weight is 255 g/mol. The van der Waals surface area contributed by atoms with Crippen molar-refractivity contribution in [1.29, 1.82) is 0 Å². The largest absolute Gasteiger partial charge is 0.354 e. The van der Waals surface area contributed by atoms with Gasteiger partial charge in [0.2, 0.25) is 11.8 Å². The van der Waals surface area contributed by atoms with E-state index in [1.54, 1.807) is 4.90 Å². The first kappa shape index (κ1) is 15.0. The summed E-state index contributed by atoms with van der Waals surface area (Å²) < 4.78 is 0. The fourth-order valence-electron chi connectivity index (χ4n) is 2.16. The zero-order valence-corrected chi connectivity index (χ0v) is 11.7. The minimum Gasteiger partial charge on any atom is -0.354 e. The Labute approximate surface area is 109 Å². The molecule has 0 aromatic rings. The highest BCUT2D eigenvalue weighted by molar-refractivity contribution is 5.89. The molecule has 5 nitrogen and oxygen atoms in total. The van der Waals surface area contributed by atoms with Crippen LogP contribution in [-0.2, 0) is 9.59 Å². The van der Waals surface area contributed by atoms with Crippen molar-refractivity contribution < 1.29 is 9.59 Å². The van der Waals surface area contributed by atoms with Crippen molar-refractivity contribution in [2.75, 3.05) is 19.6 Å². The number of hydrogen-bond donors (Lipinski definition) is 2. The van der Waals surface area contributed by atoms with Crippen LogP contribution in [-0.4, -0.2) is 41.9 Å². The van der Waals surface area contributed by atoms with Crippen molar-refractivity contribution in [3.8, 4) is 0 Å². The molecule has 5 heteroatoms. The molecule has 0 spiro atoms. The van der Waals surface area contributed by atoms with E-state index in [9.17, 15) is 9.59 Å². The third-order valence-electron chi connectivity index (χ3n) is 3.99. The van der Waals surface area contributed by atoms with E-state index in [4.69, 9.17) is 5.73 Å². The van der Waals surface area contributed by atoms with Crippen molar-refractivity contribution in [2.24, 2.45) is 11.7 Å². The van der Waals surface area contributed by atoms with Gasteiger partial charge in [0.25, 0.3) is 0 Å². The minimum absolute atomic E-state index is 0.0453. The normalized spacial score (nSPS) is 20.3. The molecule has 1 fully saturated rings. The van der Waals surface area contributed by atoms with Crippen LogP contribution in [0.2, 0.25) is 0 Å². The van der Waals surface area contributed by atoms with E-state index in [1.807, 2.05) is 20.8 Å². The number of nitrogens with two attached hydrogens (primary N) is 1. The number of nitrogens with zero attached hydrogens (tertiary/aromatic N) is 1. The number of carbonyl (C=O) groups excluding carboxylic acids is 2. The van der Waals surface area contributed by atoms with Gasteiger partial charge in [-0.2, -0.15) is 0 Å². The summed E-state index contributed by atoms with van der Waals surface area (Å²) in [6, 6.07) is 0. The molecule has 0 saturated carbocycles. The molecule has 1 aliphatic rings. The van der Waals surface area contributed by atoms with Gasteiger partial charge in [-0.25, -0.2) is 0 Å². The molecule has 1 heterocycles. The van der Waals surface area contributed by atoms with Crippen LogP contribution in [0.5, 0.6) is 0 Å². The van der Waals surface area contributed by atoms with Crippen LogP contribution in [0.25, 0.3) is 0 Å². The highest BCUT2D eigenvalue weighted by atomic mass is 16.2. The zero-order valence-electron chi connectivity index (χ0n) is 11.7. The molecular formula is C13H25N3O2. The minimum atomic E-state index is -0.331. The van der Waals surface area contributed by atoms with E-state index in [0.29, 0.717) is 26.1 Å². The lowest BCUT2D eigenvalue weighted by Crippen LogP contribution is -2.50. The number of hydrogen-bond acceptors (Lipinski definition) is 3. The first-order valence-electron chi connectivity index (χ1n) is 6.80. The lowest BCUT2D eigenvalue weighted by Gasteiger charge is -2.27. The quantitative estimate of drug-likeness (QED) is 0.725. The second kappa shape index (κ2) is 6.18. The number of rotatable bonds is 6. The van der Waals surface area contributed by atoms with Gasteiger partial charge in [0.15, 0.2) is 0 Å². The first-order chi connectivity index (χ1) is 8.45. The van der Waals surface area contributed by atoms with E-state index in [-0.39, 0.29) is 23.3 Å². The van der Waals surface area contributed by atoms with Gasteiger partial charge in [0.05, 0.1) is 5.92 Å². The second-order valence-electron chi connectivity index (χ2n) is 5.12. The highest BCUT2D eigenvalue weighted by Gasteiger charge is 2.34. The van der Waals surface area contributed by atoms with Gasteiger partial charge in [0.1, 0.15) is 0 Å². The Morgan fingerprint density at radius 1 is 1.44 bits per heavy atom. The molecular weight excluding hydrogens is 230 g/mol. The van der Waals surface area contributed by atoms with Crippen molar-refractivity contribution in [3.05, 3.63) is 0 Å². The lowest BCUT2D eigenvalue weighted by atomic mass is 9.94. The maximum absolute atomic E-state index is 12.0. The Balaban J connectivity index is 2.45. The molecule has 1 unspecified atom stereocenters. The van der Waals surface area contributed by atoms with Gasteiger partial charge in [-0.15, -0.1) is 0 Å². The predicted molar refractivity (Wildman–Crippen MR) is 70.9 cm³/mol. The van der Waals surface area contributed by atoms with Gasteiger partial charge < -0.3 is 16.0 Å². The van der Waals surface area contributed by atoms with Crippen LogP contribution in [0.1, 0.15) is 40.0 Å². The van der Waals surface area contributed by atoms with Gasteiger partial charge >= 0.3 is 0 Å². The molecule has 0 bridgehead atoms. The van der Waals surface area contributed by atoms with Crippen LogP contribution in [0.4, 0.5) is 0 Å². The molecule has 3 N–H and O–H groups in total. The topological polar surface area (TPSA) is 75.4 Å². The molecule has 18 heavy (non-hydrogen) atoms. The maximum atomic E-state index is 12.0. The second-order valence-corrected chi connectivity index (χ2v) is 5.12. The van der Waals surface area contributed by atoms with Crippen LogP contribution in [0.3, 0.4) is 0 Å². The SMILES string of the molecule is CCN1CC(C(=O)NCC(N)(CC)CC)CC1=O. The van der Waals surface area contributed by atoms with Gasteiger partial charge in [0, 0.05) is 31.6 Å². The first-order valence-corrected chi connectivity index (χ1v) is 6.80. The fraction of sp³-hybridized carbons (Fsp3) is 0.846. The van der Waals surface area contributed by atoms with E-state index < -0.39 is 0 Å². The van der Waals surface area contributed by atoms with E-state index in [2.05, 4.69) is 5.32 Å². The Kier molecular flexibility index (Phi) is 5.14. The van der Waals surface area contributed by atoms with Crippen molar-refractivity contribution in [1.82, 2.24) is 10.2 Å². The summed E-state index contributed by atoms with van der Waals surface area (Å²) in [5, 5.41) is 2.89. The summed E-state index contributed by atoms with van der Waals surface area (Å²) in [6.07, 6.45) is 1.98. The predicted octanol–water partition coefficient (Wildman–Crippen LogP) is 0.489. The Morgan fingerprint density at radius 3 is 2.50 bits per heavy atom.